The van der Waals surface area contributed by atoms with Gasteiger partial charge in [0, 0.05) is 13.1 Å². The van der Waals surface area contributed by atoms with Crippen LogP contribution in [-0.4, -0.2) is 11.4 Å². The zero-order valence-corrected chi connectivity index (χ0v) is 16.5. The standard InChI is InChI=1S/C26H27N/c1-4-27(17-25-19(2)13-15-21-9-5-7-11-23(21)25)18-26-20(3)14-16-22-10-6-8-12-24(22)26/h5-16H,4,17-18H2,1-3H3. The van der Waals surface area contributed by atoms with Crippen molar-refractivity contribution in [2.75, 3.05) is 6.54 Å². The first-order valence-corrected chi connectivity index (χ1v) is 9.84. The van der Waals surface area contributed by atoms with Crippen molar-refractivity contribution in [2.45, 2.75) is 33.9 Å². The third-order valence-electron chi connectivity index (χ3n) is 5.76. The van der Waals surface area contributed by atoms with E-state index in [0.29, 0.717) is 0 Å². The fourth-order valence-corrected chi connectivity index (χ4v) is 4.04. The van der Waals surface area contributed by atoms with Crippen LogP contribution < -0.4 is 0 Å². The fourth-order valence-electron chi connectivity index (χ4n) is 4.04. The SMILES string of the molecule is CCN(Cc1c(C)ccc2ccccc12)Cc1c(C)ccc2ccccc12. The summed E-state index contributed by atoms with van der Waals surface area (Å²) in [6, 6.07) is 26.5. The molecule has 1 heteroatoms. The summed E-state index contributed by atoms with van der Waals surface area (Å²) in [7, 11) is 0. The monoisotopic (exact) mass is 353 g/mol. The Morgan fingerprint density at radius 1 is 0.593 bits per heavy atom. The van der Waals surface area contributed by atoms with Crippen molar-refractivity contribution in [3.05, 3.63) is 95.1 Å². The van der Waals surface area contributed by atoms with Gasteiger partial charge in [-0.25, -0.2) is 0 Å². The molecule has 0 saturated carbocycles. The van der Waals surface area contributed by atoms with E-state index in [1.165, 1.54) is 43.8 Å². The first-order chi connectivity index (χ1) is 13.2. The summed E-state index contributed by atoms with van der Waals surface area (Å²) in [5, 5.41) is 5.42. The summed E-state index contributed by atoms with van der Waals surface area (Å²) < 4.78 is 0. The van der Waals surface area contributed by atoms with E-state index < -0.39 is 0 Å². The van der Waals surface area contributed by atoms with Gasteiger partial charge in [-0.3, -0.25) is 4.90 Å². The Hall–Kier alpha value is -2.64. The minimum Gasteiger partial charge on any atom is -0.295 e. The predicted molar refractivity (Wildman–Crippen MR) is 117 cm³/mol. The Morgan fingerprint density at radius 2 is 1.04 bits per heavy atom. The molecule has 4 aromatic carbocycles. The predicted octanol–water partition coefficient (Wildman–Crippen LogP) is 6.63. The van der Waals surface area contributed by atoms with E-state index in [0.717, 1.165) is 19.6 Å². The van der Waals surface area contributed by atoms with Crippen LogP contribution in [0.1, 0.15) is 29.2 Å². The lowest BCUT2D eigenvalue weighted by Crippen LogP contribution is -2.23. The lowest BCUT2D eigenvalue weighted by Gasteiger charge is -2.24. The van der Waals surface area contributed by atoms with E-state index in [4.69, 9.17) is 0 Å². The summed E-state index contributed by atoms with van der Waals surface area (Å²) in [4.78, 5) is 2.56. The average Bonchev–Trinajstić information content (AvgIpc) is 2.71. The van der Waals surface area contributed by atoms with Crippen molar-refractivity contribution in [1.29, 1.82) is 0 Å². The molecule has 0 aromatic heterocycles. The lowest BCUT2D eigenvalue weighted by atomic mass is 9.97. The number of hydrogen-bond donors (Lipinski definition) is 0. The van der Waals surface area contributed by atoms with Gasteiger partial charge in [0.1, 0.15) is 0 Å². The van der Waals surface area contributed by atoms with Crippen LogP contribution in [0.2, 0.25) is 0 Å². The van der Waals surface area contributed by atoms with Crippen LogP contribution in [0.15, 0.2) is 72.8 Å². The highest BCUT2D eigenvalue weighted by atomic mass is 15.1. The molecule has 0 unspecified atom stereocenters. The highest BCUT2D eigenvalue weighted by molar-refractivity contribution is 5.87. The molecule has 0 bridgehead atoms. The number of aryl methyl sites for hydroxylation is 2. The molecule has 27 heavy (non-hydrogen) atoms. The van der Waals surface area contributed by atoms with Gasteiger partial charge in [0.2, 0.25) is 0 Å². The summed E-state index contributed by atoms with van der Waals surface area (Å²) in [5.41, 5.74) is 5.66. The molecule has 0 atom stereocenters. The largest absolute Gasteiger partial charge is 0.295 e. The Bertz CT molecular complexity index is 1010. The number of hydrogen-bond acceptors (Lipinski definition) is 1. The van der Waals surface area contributed by atoms with Crippen molar-refractivity contribution in [3.63, 3.8) is 0 Å². The summed E-state index contributed by atoms with van der Waals surface area (Å²) in [6.45, 7) is 9.72. The van der Waals surface area contributed by atoms with Gasteiger partial charge in [0.05, 0.1) is 0 Å². The van der Waals surface area contributed by atoms with E-state index >= 15 is 0 Å². The summed E-state index contributed by atoms with van der Waals surface area (Å²) >= 11 is 0. The van der Waals surface area contributed by atoms with E-state index in [2.05, 4.69) is 98.5 Å². The van der Waals surface area contributed by atoms with Crippen molar-refractivity contribution < 1.29 is 0 Å². The lowest BCUT2D eigenvalue weighted by molar-refractivity contribution is 0.272. The maximum atomic E-state index is 2.56. The molecule has 0 radical (unpaired) electrons. The molecule has 0 aliphatic rings. The van der Waals surface area contributed by atoms with Crippen molar-refractivity contribution in [1.82, 2.24) is 4.90 Å². The molecule has 0 fully saturated rings. The van der Waals surface area contributed by atoms with Crippen LogP contribution in [0.4, 0.5) is 0 Å². The van der Waals surface area contributed by atoms with Crippen LogP contribution in [0.5, 0.6) is 0 Å². The zero-order chi connectivity index (χ0) is 18.8. The normalized spacial score (nSPS) is 11.6. The maximum absolute atomic E-state index is 2.56. The molecule has 0 amide bonds. The van der Waals surface area contributed by atoms with Crippen molar-refractivity contribution in [2.24, 2.45) is 0 Å². The van der Waals surface area contributed by atoms with Gasteiger partial charge in [-0.05, 0) is 64.2 Å². The Labute approximate surface area is 162 Å². The van der Waals surface area contributed by atoms with E-state index in [1.54, 1.807) is 0 Å². The average molecular weight is 354 g/mol. The first-order valence-electron chi connectivity index (χ1n) is 9.84. The summed E-state index contributed by atoms with van der Waals surface area (Å²) in [6.07, 6.45) is 0. The second-order valence-corrected chi connectivity index (χ2v) is 7.47. The molecule has 0 saturated heterocycles. The number of benzene rings is 4. The number of nitrogens with zero attached hydrogens (tertiary/aromatic N) is 1. The van der Waals surface area contributed by atoms with Crippen LogP contribution in [0, 0.1) is 13.8 Å². The third-order valence-corrected chi connectivity index (χ3v) is 5.76. The molecule has 4 aromatic rings. The zero-order valence-electron chi connectivity index (χ0n) is 16.5. The van der Waals surface area contributed by atoms with Gasteiger partial charge in [-0.1, -0.05) is 79.7 Å². The van der Waals surface area contributed by atoms with E-state index in [-0.39, 0.29) is 0 Å². The Kier molecular flexibility index (Phi) is 4.96. The quantitative estimate of drug-likeness (QED) is 0.389. The highest BCUT2D eigenvalue weighted by Crippen LogP contribution is 2.27. The smallest absolute Gasteiger partial charge is 0.0245 e. The van der Waals surface area contributed by atoms with E-state index in [9.17, 15) is 0 Å². The highest BCUT2D eigenvalue weighted by Gasteiger charge is 2.13. The molecule has 1 nitrogen and oxygen atoms in total. The Balaban J connectivity index is 1.71. The van der Waals surface area contributed by atoms with Crippen molar-refractivity contribution in [3.8, 4) is 0 Å². The number of rotatable bonds is 5. The minimum atomic E-state index is 0.979. The molecule has 4 rings (SSSR count). The summed E-state index contributed by atoms with van der Waals surface area (Å²) in [5.74, 6) is 0. The second kappa shape index (κ2) is 7.54. The van der Waals surface area contributed by atoms with Gasteiger partial charge in [0.25, 0.3) is 0 Å². The topological polar surface area (TPSA) is 3.24 Å². The second-order valence-electron chi connectivity index (χ2n) is 7.47. The number of fused-ring (bicyclic) bond motifs is 2. The van der Waals surface area contributed by atoms with Crippen LogP contribution in [0.25, 0.3) is 21.5 Å². The molecule has 0 N–H and O–H groups in total. The molecule has 0 aliphatic carbocycles. The van der Waals surface area contributed by atoms with Gasteiger partial charge < -0.3 is 0 Å². The van der Waals surface area contributed by atoms with Gasteiger partial charge in [0.15, 0.2) is 0 Å². The van der Waals surface area contributed by atoms with Crippen molar-refractivity contribution >= 4 is 21.5 Å². The molecule has 0 spiro atoms. The third kappa shape index (κ3) is 3.48. The minimum absolute atomic E-state index is 0.979. The first kappa shape index (κ1) is 17.8. The van der Waals surface area contributed by atoms with Crippen LogP contribution in [-0.2, 0) is 13.1 Å². The van der Waals surface area contributed by atoms with Crippen LogP contribution in [0.3, 0.4) is 0 Å². The van der Waals surface area contributed by atoms with Crippen LogP contribution >= 0.6 is 0 Å². The van der Waals surface area contributed by atoms with Gasteiger partial charge in [-0.2, -0.15) is 0 Å². The van der Waals surface area contributed by atoms with Gasteiger partial charge >= 0.3 is 0 Å². The molecular formula is C26H27N. The molecule has 136 valence electrons. The molecule has 0 heterocycles. The maximum Gasteiger partial charge on any atom is 0.0245 e. The fraction of sp³-hybridized carbons (Fsp3) is 0.231. The van der Waals surface area contributed by atoms with Gasteiger partial charge in [-0.15, -0.1) is 0 Å². The molecular weight excluding hydrogens is 326 g/mol. The Morgan fingerprint density at radius 3 is 1.48 bits per heavy atom. The molecule has 0 aliphatic heterocycles. The van der Waals surface area contributed by atoms with E-state index in [1.807, 2.05) is 0 Å².